The highest BCUT2D eigenvalue weighted by atomic mass is 16.1. The molecule has 1 aliphatic rings. The maximum absolute atomic E-state index is 12.6. The van der Waals surface area contributed by atoms with E-state index in [9.17, 15) is 9.59 Å². The fourth-order valence-corrected chi connectivity index (χ4v) is 3.57. The van der Waals surface area contributed by atoms with Crippen LogP contribution in [0.2, 0.25) is 0 Å². The Hall–Kier alpha value is -3.53. The van der Waals surface area contributed by atoms with E-state index in [1.807, 2.05) is 48.5 Å². The van der Waals surface area contributed by atoms with Crippen molar-refractivity contribution in [1.29, 1.82) is 0 Å². The third-order valence-electron chi connectivity index (χ3n) is 4.59. The van der Waals surface area contributed by atoms with Gasteiger partial charge in [-0.15, -0.1) is 0 Å². The Morgan fingerprint density at radius 3 is 2.36 bits per heavy atom. The largest absolute Gasteiger partial charge is 0.355 e. The van der Waals surface area contributed by atoms with Crippen molar-refractivity contribution in [2.45, 2.75) is 0 Å². The van der Waals surface area contributed by atoms with Crippen LogP contribution in [0.3, 0.4) is 0 Å². The lowest BCUT2D eigenvalue weighted by molar-refractivity contribution is 0.0996. The van der Waals surface area contributed by atoms with Crippen molar-refractivity contribution in [1.82, 2.24) is 4.98 Å². The molecule has 5 aromatic rings. The summed E-state index contributed by atoms with van der Waals surface area (Å²) in [5.41, 5.74) is 3.44. The molecular weight excluding hydrogens is 312 g/mol. The van der Waals surface area contributed by atoms with Crippen molar-refractivity contribution in [3.63, 3.8) is 0 Å². The van der Waals surface area contributed by atoms with Gasteiger partial charge in [-0.2, -0.15) is 0 Å². The molecule has 0 atom stereocenters. The maximum Gasteiger partial charge on any atom is 0.187 e. The van der Waals surface area contributed by atoms with Crippen LogP contribution in [-0.2, 0) is 0 Å². The SMILES string of the molecule is O=C1C=CC(=O)c2c1c1cc(Nc3ccccc3)c2c2cccnc12. The number of rotatable bonds is 2. The zero-order chi connectivity index (χ0) is 17.0. The Morgan fingerprint density at radius 2 is 1.56 bits per heavy atom. The van der Waals surface area contributed by atoms with Crippen LogP contribution in [-0.4, -0.2) is 16.6 Å². The van der Waals surface area contributed by atoms with Gasteiger partial charge in [0.1, 0.15) is 0 Å². The second kappa shape index (κ2) is 4.98. The topological polar surface area (TPSA) is 59.1 Å². The number of carbonyl (C=O) groups excluding carboxylic acids is 2. The zero-order valence-electron chi connectivity index (χ0n) is 13.1. The van der Waals surface area contributed by atoms with Crippen molar-refractivity contribution in [2.75, 3.05) is 5.32 Å². The summed E-state index contributed by atoms with van der Waals surface area (Å²) >= 11 is 0. The number of nitrogens with one attached hydrogen (secondary N) is 1. The van der Waals surface area contributed by atoms with Crippen LogP contribution in [0.5, 0.6) is 0 Å². The molecule has 4 heteroatoms. The van der Waals surface area contributed by atoms with E-state index in [0.29, 0.717) is 16.5 Å². The minimum atomic E-state index is -0.145. The number of anilines is 2. The number of para-hydroxylation sites is 1. The first-order valence-electron chi connectivity index (χ1n) is 7.99. The fourth-order valence-electron chi connectivity index (χ4n) is 3.57. The molecule has 0 spiro atoms. The third-order valence-corrected chi connectivity index (χ3v) is 4.59. The highest BCUT2D eigenvalue weighted by molar-refractivity contribution is 6.36. The first kappa shape index (κ1) is 13.9. The van der Waals surface area contributed by atoms with Gasteiger partial charge in [-0.25, -0.2) is 0 Å². The Balaban J connectivity index is 1.88. The van der Waals surface area contributed by atoms with E-state index in [0.717, 1.165) is 27.7 Å². The summed E-state index contributed by atoms with van der Waals surface area (Å²) in [5.74, 6) is -0.287. The van der Waals surface area contributed by atoms with Gasteiger partial charge < -0.3 is 5.32 Å². The van der Waals surface area contributed by atoms with Gasteiger partial charge in [0.05, 0.1) is 5.52 Å². The number of carbonyl (C=O) groups is 2. The van der Waals surface area contributed by atoms with Crippen molar-refractivity contribution >= 4 is 44.6 Å². The zero-order valence-corrected chi connectivity index (χ0v) is 13.1. The molecule has 6 rings (SSSR count). The molecule has 1 aromatic heterocycles. The highest BCUT2D eigenvalue weighted by Crippen LogP contribution is 2.42. The lowest BCUT2D eigenvalue weighted by Gasteiger charge is -2.22. The molecule has 0 aliphatic heterocycles. The average molecular weight is 324 g/mol. The van der Waals surface area contributed by atoms with Crippen LogP contribution in [0.1, 0.15) is 20.7 Å². The van der Waals surface area contributed by atoms with Crippen LogP contribution in [0.15, 0.2) is 66.9 Å². The van der Waals surface area contributed by atoms with Crippen molar-refractivity contribution in [3.8, 4) is 0 Å². The van der Waals surface area contributed by atoms with E-state index in [-0.39, 0.29) is 11.6 Å². The molecule has 1 heterocycles. The number of allylic oxidation sites excluding steroid dienone is 2. The predicted octanol–water partition coefficient (Wildman–Crippen LogP) is 4.50. The van der Waals surface area contributed by atoms with Crippen LogP contribution >= 0.6 is 0 Å². The van der Waals surface area contributed by atoms with Gasteiger partial charge in [-0.05, 0) is 36.4 Å². The van der Waals surface area contributed by atoms with Crippen molar-refractivity contribution in [2.24, 2.45) is 0 Å². The molecule has 2 bridgehead atoms. The number of hydrogen-bond donors (Lipinski definition) is 1. The highest BCUT2D eigenvalue weighted by Gasteiger charge is 2.29. The van der Waals surface area contributed by atoms with E-state index >= 15 is 0 Å². The molecule has 0 saturated heterocycles. The number of nitrogens with zero attached hydrogens (tertiary/aromatic N) is 1. The molecule has 0 radical (unpaired) electrons. The Morgan fingerprint density at radius 1 is 0.800 bits per heavy atom. The quantitative estimate of drug-likeness (QED) is 0.589. The summed E-state index contributed by atoms with van der Waals surface area (Å²) < 4.78 is 0. The van der Waals surface area contributed by atoms with E-state index in [4.69, 9.17) is 0 Å². The minimum Gasteiger partial charge on any atom is -0.355 e. The third kappa shape index (κ3) is 1.91. The van der Waals surface area contributed by atoms with E-state index in [1.165, 1.54) is 12.2 Å². The number of ketones is 2. The molecule has 25 heavy (non-hydrogen) atoms. The number of benzene rings is 4. The van der Waals surface area contributed by atoms with Crippen LogP contribution in [0.25, 0.3) is 21.7 Å². The summed E-state index contributed by atoms with van der Waals surface area (Å²) in [6, 6.07) is 15.5. The summed E-state index contributed by atoms with van der Waals surface area (Å²) in [5, 5.41) is 5.72. The monoisotopic (exact) mass is 324 g/mol. The van der Waals surface area contributed by atoms with Crippen molar-refractivity contribution < 1.29 is 9.59 Å². The fraction of sp³-hybridized carbons (Fsp3) is 0. The molecular formula is C21H12N2O2. The van der Waals surface area contributed by atoms with E-state index in [2.05, 4.69) is 10.3 Å². The number of fused-ring (bicyclic) bond motifs is 1. The lowest BCUT2D eigenvalue weighted by atomic mass is 9.83. The normalized spacial score (nSPS) is 13.6. The molecule has 0 unspecified atom stereocenters. The Bertz CT molecular complexity index is 1190. The minimum absolute atomic E-state index is 0.142. The molecule has 118 valence electrons. The molecule has 1 aliphatic carbocycles. The van der Waals surface area contributed by atoms with Crippen LogP contribution in [0.4, 0.5) is 11.4 Å². The summed E-state index contributed by atoms with van der Waals surface area (Å²) in [6.45, 7) is 0. The smallest absolute Gasteiger partial charge is 0.187 e. The molecule has 0 saturated carbocycles. The Kier molecular flexibility index (Phi) is 2.76. The first-order chi connectivity index (χ1) is 12.2. The molecule has 4 nitrogen and oxygen atoms in total. The van der Waals surface area contributed by atoms with Gasteiger partial charge in [0.15, 0.2) is 11.6 Å². The average Bonchev–Trinajstić information content (AvgIpc) is 2.65. The van der Waals surface area contributed by atoms with Gasteiger partial charge in [0.2, 0.25) is 0 Å². The molecule has 1 N–H and O–H groups in total. The summed E-state index contributed by atoms with van der Waals surface area (Å²) in [6.07, 6.45) is 4.40. The van der Waals surface area contributed by atoms with Gasteiger partial charge in [-0.1, -0.05) is 24.3 Å². The second-order valence-electron chi connectivity index (χ2n) is 6.05. The number of hydrogen-bond acceptors (Lipinski definition) is 4. The first-order valence-corrected chi connectivity index (χ1v) is 7.99. The van der Waals surface area contributed by atoms with Gasteiger partial charge >= 0.3 is 0 Å². The van der Waals surface area contributed by atoms with Crippen LogP contribution < -0.4 is 5.32 Å². The van der Waals surface area contributed by atoms with Crippen molar-refractivity contribution in [3.05, 3.63) is 78.0 Å². The molecule has 0 fully saturated rings. The molecule has 0 amide bonds. The number of aromatic nitrogens is 1. The standard InChI is InChI=1S/C21H12N2O2/c24-16-8-9-17(25)20-18-13-7-4-10-22-21(13)14(19(16)20)11-15(18)23-12-5-2-1-3-6-12/h1-11,23H. The maximum atomic E-state index is 12.6. The number of pyridine rings is 1. The summed E-state index contributed by atoms with van der Waals surface area (Å²) in [4.78, 5) is 29.4. The second-order valence-corrected chi connectivity index (χ2v) is 6.05. The van der Waals surface area contributed by atoms with E-state index in [1.54, 1.807) is 6.20 Å². The van der Waals surface area contributed by atoms with E-state index < -0.39 is 0 Å². The predicted molar refractivity (Wildman–Crippen MR) is 98.0 cm³/mol. The van der Waals surface area contributed by atoms with Gasteiger partial charge in [0, 0.05) is 44.9 Å². The summed E-state index contributed by atoms with van der Waals surface area (Å²) in [7, 11) is 0. The Labute approximate surface area is 143 Å². The lowest BCUT2D eigenvalue weighted by Crippen LogP contribution is -2.15. The van der Waals surface area contributed by atoms with Gasteiger partial charge in [0.25, 0.3) is 0 Å². The molecule has 4 aromatic carbocycles. The van der Waals surface area contributed by atoms with Gasteiger partial charge in [-0.3, -0.25) is 14.6 Å². The van der Waals surface area contributed by atoms with Crippen LogP contribution in [0, 0.1) is 0 Å².